The van der Waals surface area contributed by atoms with Gasteiger partial charge < -0.3 is 5.32 Å². The van der Waals surface area contributed by atoms with Crippen LogP contribution in [0.4, 0.5) is 9.18 Å². The summed E-state index contributed by atoms with van der Waals surface area (Å²) in [7, 11) is 0. The van der Waals surface area contributed by atoms with E-state index in [0.29, 0.717) is 0 Å². The fourth-order valence-electron chi connectivity index (χ4n) is 1.04. The van der Waals surface area contributed by atoms with Crippen molar-refractivity contribution in [2.45, 2.75) is 31.3 Å². The summed E-state index contributed by atoms with van der Waals surface area (Å²) in [6, 6.07) is -0.613. The molecule has 0 radical (unpaired) electrons. The number of rotatable bonds is 4. The van der Waals surface area contributed by atoms with Crippen molar-refractivity contribution < 1.29 is 14.0 Å². The standard InChI is InChI=1S/C8H13FN2O2S/c1-2-3-4-14-7-5(9)6(12)10-8(13)11-7/h5,7H,2-4H2,1H3,(H2,10,11,12,13)/t5-,7+/m1/s1. The molecule has 6 heteroatoms. The molecule has 1 rings (SSSR count). The highest BCUT2D eigenvalue weighted by Crippen LogP contribution is 2.18. The van der Waals surface area contributed by atoms with Crippen LogP contribution < -0.4 is 10.6 Å². The van der Waals surface area contributed by atoms with Crippen molar-refractivity contribution in [3.63, 3.8) is 0 Å². The first-order valence-corrected chi connectivity index (χ1v) is 5.57. The highest BCUT2D eigenvalue weighted by molar-refractivity contribution is 7.99. The Labute approximate surface area is 86.0 Å². The van der Waals surface area contributed by atoms with Crippen LogP contribution in [0.25, 0.3) is 0 Å². The van der Waals surface area contributed by atoms with Gasteiger partial charge in [-0.2, -0.15) is 0 Å². The van der Waals surface area contributed by atoms with Crippen molar-refractivity contribution >= 4 is 23.7 Å². The van der Waals surface area contributed by atoms with Crippen molar-refractivity contribution in [2.24, 2.45) is 0 Å². The number of carbonyl (C=O) groups is 2. The summed E-state index contributed by atoms with van der Waals surface area (Å²) in [5.41, 5.74) is 0. The Morgan fingerprint density at radius 1 is 1.50 bits per heavy atom. The molecule has 1 saturated heterocycles. The zero-order valence-electron chi connectivity index (χ0n) is 7.88. The third-order valence-corrected chi connectivity index (χ3v) is 3.06. The average Bonchev–Trinajstić information content (AvgIpc) is 2.13. The fraction of sp³-hybridized carbons (Fsp3) is 0.750. The predicted molar refractivity (Wildman–Crippen MR) is 52.7 cm³/mol. The molecule has 0 aromatic rings. The largest absolute Gasteiger partial charge is 0.322 e. The second kappa shape index (κ2) is 5.19. The number of unbranched alkanes of at least 4 members (excludes halogenated alkanes) is 1. The van der Waals surface area contributed by atoms with Gasteiger partial charge in [-0.3, -0.25) is 10.1 Å². The SMILES string of the molecule is CCCCS[C@@H]1NC(=O)NC(=O)[C@H]1F. The van der Waals surface area contributed by atoms with Gasteiger partial charge in [0.15, 0.2) is 0 Å². The second-order valence-electron chi connectivity index (χ2n) is 3.01. The number of alkyl halides is 1. The Bertz CT molecular complexity index is 237. The summed E-state index contributed by atoms with van der Waals surface area (Å²) >= 11 is 1.27. The Hall–Kier alpha value is -0.780. The van der Waals surface area contributed by atoms with E-state index in [0.717, 1.165) is 18.6 Å². The number of carbonyl (C=O) groups excluding carboxylic acids is 2. The summed E-state index contributed by atoms with van der Waals surface area (Å²) < 4.78 is 13.2. The Morgan fingerprint density at radius 2 is 2.21 bits per heavy atom. The van der Waals surface area contributed by atoms with Crippen LogP contribution in [0.2, 0.25) is 0 Å². The van der Waals surface area contributed by atoms with Gasteiger partial charge in [0.2, 0.25) is 6.17 Å². The number of nitrogens with one attached hydrogen (secondary N) is 2. The first-order valence-electron chi connectivity index (χ1n) is 4.52. The van der Waals surface area contributed by atoms with Gasteiger partial charge in [-0.25, -0.2) is 9.18 Å². The molecule has 80 valence electrons. The minimum Gasteiger partial charge on any atom is -0.322 e. The Balaban J connectivity index is 2.41. The molecular formula is C8H13FN2O2S. The third kappa shape index (κ3) is 2.87. The van der Waals surface area contributed by atoms with E-state index in [2.05, 4.69) is 5.32 Å². The average molecular weight is 220 g/mol. The quantitative estimate of drug-likeness (QED) is 0.695. The lowest BCUT2D eigenvalue weighted by molar-refractivity contribution is -0.125. The molecule has 1 aliphatic heterocycles. The zero-order valence-corrected chi connectivity index (χ0v) is 8.70. The molecule has 0 aromatic heterocycles. The Kier molecular flexibility index (Phi) is 4.19. The molecular weight excluding hydrogens is 207 g/mol. The smallest absolute Gasteiger partial charge is 0.322 e. The van der Waals surface area contributed by atoms with E-state index in [1.165, 1.54) is 11.8 Å². The summed E-state index contributed by atoms with van der Waals surface area (Å²) in [6.45, 7) is 2.03. The lowest BCUT2D eigenvalue weighted by Crippen LogP contribution is -2.58. The monoisotopic (exact) mass is 220 g/mol. The van der Waals surface area contributed by atoms with Gasteiger partial charge >= 0.3 is 6.03 Å². The van der Waals surface area contributed by atoms with Crippen LogP contribution in [0.1, 0.15) is 19.8 Å². The summed E-state index contributed by atoms with van der Waals surface area (Å²) in [4.78, 5) is 21.7. The van der Waals surface area contributed by atoms with Crippen molar-refractivity contribution in [1.29, 1.82) is 0 Å². The maximum atomic E-state index is 13.2. The summed E-state index contributed by atoms with van der Waals surface area (Å²) in [5.74, 6) is -0.0995. The lowest BCUT2D eigenvalue weighted by atomic mass is 10.3. The fourth-order valence-corrected chi connectivity index (χ4v) is 2.23. The van der Waals surface area contributed by atoms with Crippen molar-refractivity contribution in [1.82, 2.24) is 10.6 Å². The first-order chi connectivity index (χ1) is 6.65. The number of thioether (sulfide) groups is 1. The number of imide groups is 1. The maximum Gasteiger partial charge on any atom is 0.322 e. The highest BCUT2D eigenvalue weighted by atomic mass is 32.2. The molecule has 1 heterocycles. The van der Waals surface area contributed by atoms with Crippen LogP contribution in [0.3, 0.4) is 0 Å². The van der Waals surface area contributed by atoms with Gasteiger partial charge in [0.05, 0.1) is 0 Å². The van der Waals surface area contributed by atoms with Gasteiger partial charge in [0.25, 0.3) is 5.91 Å². The van der Waals surface area contributed by atoms with E-state index in [1.54, 1.807) is 0 Å². The molecule has 0 unspecified atom stereocenters. The van der Waals surface area contributed by atoms with Gasteiger partial charge in [0, 0.05) is 0 Å². The molecule has 0 bridgehead atoms. The topological polar surface area (TPSA) is 58.2 Å². The molecule has 2 N–H and O–H groups in total. The molecule has 2 atom stereocenters. The van der Waals surface area contributed by atoms with Crippen LogP contribution >= 0.6 is 11.8 Å². The van der Waals surface area contributed by atoms with Crippen LogP contribution in [-0.4, -0.2) is 29.2 Å². The van der Waals surface area contributed by atoms with Crippen molar-refractivity contribution in [3.05, 3.63) is 0 Å². The molecule has 1 aliphatic rings. The summed E-state index contributed by atoms with van der Waals surface area (Å²) in [5, 5.41) is 3.51. The minimum atomic E-state index is -1.64. The molecule has 0 spiro atoms. The molecule has 1 fully saturated rings. The number of amides is 3. The molecule has 0 saturated carbocycles. The second-order valence-corrected chi connectivity index (χ2v) is 4.26. The van der Waals surface area contributed by atoms with E-state index in [9.17, 15) is 14.0 Å². The first kappa shape index (κ1) is 11.3. The zero-order chi connectivity index (χ0) is 10.6. The maximum absolute atomic E-state index is 13.2. The number of urea groups is 1. The van der Waals surface area contributed by atoms with E-state index < -0.39 is 23.5 Å². The van der Waals surface area contributed by atoms with E-state index >= 15 is 0 Å². The number of hydrogen-bond donors (Lipinski definition) is 2. The highest BCUT2D eigenvalue weighted by Gasteiger charge is 2.35. The normalized spacial score (nSPS) is 27.0. The van der Waals surface area contributed by atoms with E-state index in [-0.39, 0.29) is 0 Å². The molecule has 3 amide bonds. The van der Waals surface area contributed by atoms with Crippen molar-refractivity contribution in [3.8, 4) is 0 Å². The molecule has 4 nitrogen and oxygen atoms in total. The van der Waals surface area contributed by atoms with Crippen LogP contribution in [0.5, 0.6) is 0 Å². The van der Waals surface area contributed by atoms with Gasteiger partial charge in [-0.05, 0) is 12.2 Å². The summed E-state index contributed by atoms with van der Waals surface area (Å²) in [6.07, 6.45) is 0.317. The Morgan fingerprint density at radius 3 is 2.86 bits per heavy atom. The molecule has 14 heavy (non-hydrogen) atoms. The lowest BCUT2D eigenvalue weighted by Gasteiger charge is -2.25. The van der Waals surface area contributed by atoms with Crippen LogP contribution in [0.15, 0.2) is 0 Å². The molecule has 0 aromatic carbocycles. The van der Waals surface area contributed by atoms with Gasteiger partial charge in [-0.1, -0.05) is 13.3 Å². The number of halogens is 1. The minimum absolute atomic E-state index is 0.613. The van der Waals surface area contributed by atoms with E-state index in [1.807, 2.05) is 12.2 Å². The van der Waals surface area contributed by atoms with Gasteiger partial charge in [-0.15, -0.1) is 11.8 Å². The third-order valence-electron chi connectivity index (χ3n) is 1.82. The van der Waals surface area contributed by atoms with Crippen LogP contribution in [-0.2, 0) is 4.79 Å². The van der Waals surface area contributed by atoms with E-state index in [4.69, 9.17) is 0 Å². The predicted octanol–water partition coefficient (Wildman–Crippen LogP) is 1.02. The molecule has 0 aliphatic carbocycles. The van der Waals surface area contributed by atoms with Crippen LogP contribution in [0, 0.1) is 0 Å². The van der Waals surface area contributed by atoms with Gasteiger partial charge in [0.1, 0.15) is 5.37 Å². The van der Waals surface area contributed by atoms with Crippen molar-refractivity contribution in [2.75, 3.05) is 5.75 Å². The number of hydrogen-bond acceptors (Lipinski definition) is 3.